The topological polar surface area (TPSA) is 36.7 Å². The Kier molecular flexibility index (Phi) is 4.35. The molecule has 5 heteroatoms. The van der Waals surface area contributed by atoms with Gasteiger partial charge in [-0.25, -0.2) is 4.98 Å². The normalized spacial score (nSPS) is 22.4. The van der Waals surface area contributed by atoms with Crippen LogP contribution in [0.5, 0.6) is 0 Å². The summed E-state index contributed by atoms with van der Waals surface area (Å²) in [5, 5.41) is 13.3. The Labute approximate surface area is 131 Å². The zero-order valence-electron chi connectivity index (χ0n) is 11.1. The van der Waals surface area contributed by atoms with E-state index in [-0.39, 0.29) is 0 Å². The standard InChI is InChI=1S/C15H14N2S3/c1-10-14(19-7-6-18-10)15-17-13(9-20-15)12-4-2-11(8-16)3-5-12/h2-5,9-10,14H,6-7H2,1H3. The van der Waals surface area contributed by atoms with Crippen molar-refractivity contribution in [2.75, 3.05) is 11.5 Å². The summed E-state index contributed by atoms with van der Waals surface area (Å²) < 4.78 is 0. The maximum Gasteiger partial charge on any atom is 0.107 e. The largest absolute Gasteiger partial charge is 0.240 e. The van der Waals surface area contributed by atoms with Gasteiger partial charge in [-0.15, -0.1) is 23.1 Å². The minimum Gasteiger partial charge on any atom is -0.240 e. The number of aromatic nitrogens is 1. The van der Waals surface area contributed by atoms with E-state index in [1.165, 1.54) is 16.5 Å². The number of thiazole rings is 1. The van der Waals surface area contributed by atoms with Gasteiger partial charge in [-0.05, 0) is 12.1 Å². The van der Waals surface area contributed by atoms with Crippen LogP contribution in [0.1, 0.15) is 22.7 Å². The van der Waals surface area contributed by atoms with Crippen LogP contribution in [0.3, 0.4) is 0 Å². The second-order valence-electron chi connectivity index (χ2n) is 4.63. The molecule has 0 radical (unpaired) electrons. The molecule has 0 amide bonds. The summed E-state index contributed by atoms with van der Waals surface area (Å²) in [5.74, 6) is 2.46. The van der Waals surface area contributed by atoms with Crippen molar-refractivity contribution in [3.8, 4) is 17.3 Å². The first kappa shape index (κ1) is 14.0. The van der Waals surface area contributed by atoms with Gasteiger partial charge >= 0.3 is 0 Å². The van der Waals surface area contributed by atoms with Crippen LogP contribution in [0, 0.1) is 11.3 Å². The Morgan fingerprint density at radius 2 is 1.95 bits per heavy atom. The van der Waals surface area contributed by atoms with Gasteiger partial charge in [0.2, 0.25) is 0 Å². The van der Waals surface area contributed by atoms with Crippen molar-refractivity contribution in [3.63, 3.8) is 0 Å². The van der Waals surface area contributed by atoms with Crippen molar-refractivity contribution in [2.45, 2.75) is 17.4 Å². The summed E-state index contributed by atoms with van der Waals surface area (Å²) in [6.45, 7) is 2.30. The molecule has 0 N–H and O–H groups in total. The lowest BCUT2D eigenvalue weighted by atomic mass is 10.1. The van der Waals surface area contributed by atoms with Gasteiger partial charge in [-0.3, -0.25) is 0 Å². The number of hydrogen-bond acceptors (Lipinski definition) is 5. The second-order valence-corrected chi connectivity index (χ2v) is 8.25. The predicted molar refractivity (Wildman–Crippen MR) is 89.4 cm³/mol. The highest BCUT2D eigenvalue weighted by molar-refractivity contribution is 8.06. The van der Waals surface area contributed by atoms with Crippen LogP contribution in [0.15, 0.2) is 29.6 Å². The van der Waals surface area contributed by atoms with Gasteiger partial charge in [-0.1, -0.05) is 19.1 Å². The van der Waals surface area contributed by atoms with E-state index in [0.29, 0.717) is 16.1 Å². The highest BCUT2D eigenvalue weighted by Gasteiger charge is 2.26. The lowest BCUT2D eigenvalue weighted by Gasteiger charge is -2.25. The van der Waals surface area contributed by atoms with Crippen molar-refractivity contribution in [2.24, 2.45) is 0 Å². The van der Waals surface area contributed by atoms with Gasteiger partial charge in [0.05, 0.1) is 22.6 Å². The van der Waals surface area contributed by atoms with Gasteiger partial charge in [0.15, 0.2) is 0 Å². The van der Waals surface area contributed by atoms with Crippen LogP contribution in [0.25, 0.3) is 11.3 Å². The number of rotatable bonds is 2. The Balaban J connectivity index is 1.84. The lowest BCUT2D eigenvalue weighted by Crippen LogP contribution is -2.15. The van der Waals surface area contributed by atoms with E-state index in [4.69, 9.17) is 10.2 Å². The number of hydrogen-bond donors (Lipinski definition) is 0. The number of nitrogens with zero attached hydrogens (tertiary/aromatic N) is 2. The number of benzene rings is 1. The molecule has 102 valence electrons. The third-order valence-electron chi connectivity index (χ3n) is 3.26. The van der Waals surface area contributed by atoms with E-state index in [2.05, 4.69) is 18.4 Å². The third kappa shape index (κ3) is 2.88. The minimum atomic E-state index is 0.519. The van der Waals surface area contributed by atoms with Crippen LogP contribution in [-0.2, 0) is 0 Å². The van der Waals surface area contributed by atoms with Crippen molar-refractivity contribution >= 4 is 34.9 Å². The maximum absolute atomic E-state index is 8.83. The monoisotopic (exact) mass is 318 g/mol. The summed E-state index contributed by atoms with van der Waals surface area (Å²) in [5.41, 5.74) is 2.81. The summed E-state index contributed by atoms with van der Waals surface area (Å²) in [6, 6.07) is 9.79. The molecule has 2 aromatic rings. The molecule has 1 aliphatic heterocycles. The Morgan fingerprint density at radius 1 is 1.20 bits per heavy atom. The number of thioether (sulfide) groups is 2. The maximum atomic E-state index is 8.83. The molecule has 0 aliphatic carbocycles. The molecule has 1 saturated heterocycles. The van der Waals surface area contributed by atoms with Crippen molar-refractivity contribution in [3.05, 3.63) is 40.2 Å². The Bertz CT molecular complexity index is 627. The van der Waals surface area contributed by atoms with E-state index in [1.54, 1.807) is 11.3 Å². The molecule has 0 bridgehead atoms. The molecule has 2 heterocycles. The zero-order chi connectivity index (χ0) is 13.9. The summed E-state index contributed by atoms with van der Waals surface area (Å²) >= 11 is 5.82. The summed E-state index contributed by atoms with van der Waals surface area (Å²) in [7, 11) is 0. The molecule has 1 fully saturated rings. The van der Waals surface area contributed by atoms with Crippen LogP contribution in [0.4, 0.5) is 0 Å². The molecule has 0 saturated carbocycles. The first-order valence-electron chi connectivity index (χ1n) is 6.47. The molecule has 1 aromatic carbocycles. The van der Waals surface area contributed by atoms with E-state index in [0.717, 1.165) is 11.3 Å². The van der Waals surface area contributed by atoms with Crippen LogP contribution < -0.4 is 0 Å². The van der Waals surface area contributed by atoms with E-state index in [1.807, 2.05) is 47.8 Å². The Hall–Kier alpha value is -0.960. The van der Waals surface area contributed by atoms with Crippen LogP contribution in [-0.4, -0.2) is 21.7 Å². The smallest absolute Gasteiger partial charge is 0.107 e. The molecular formula is C15H14N2S3. The molecule has 2 unspecified atom stereocenters. The molecule has 1 aromatic heterocycles. The first-order chi connectivity index (χ1) is 9.78. The average molecular weight is 318 g/mol. The van der Waals surface area contributed by atoms with Gasteiger partial charge < -0.3 is 0 Å². The fraction of sp³-hybridized carbons (Fsp3) is 0.333. The van der Waals surface area contributed by atoms with Gasteiger partial charge in [0.25, 0.3) is 0 Å². The van der Waals surface area contributed by atoms with Gasteiger partial charge in [0.1, 0.15) is 5.01 Å². The summed E-state index contributed by atoms with van der Waals surface area (Å²) in [6.07, 6.45) is 0. The van der Waals surface area contributed by atoms with E-state index >= 15 is 0 Å². The minimum absolute atomic E-state index is 0.519. The third-order valence-corrected chi connectivity index (χ3v) is 7.44. The van der Waals surface area contributed by atoms with E-state index < -0.39 is 0 Å². The highest BCUT2D eigenvalue weighted by atomic mass is 32.2. The fourth-order valence-corrected chi connectivity index (χ4v) is 6.17. The fourth-order valence-electron chi connectivity index (χ4n) is 2.17. The molecule has 2 atom stereocenters. The first-order valence-corrected chi connectivity index (χ1v) is 9.45. The second kappa shape index (κ2) is 6.21. The van der Waals surface area contributed by atoms with Crippen molar-refractivity contribution in [1.29, 1.82) is 5.26 Å². The van der Waals surface area contributed by atoms with E-state index in [9.17, 15) is 0 Å². The Morgan fingerprint density at radius 3 is 2.65 bits per heavy atom. The average Bonchev–Trinajstić information content (AvgIpc) is 2.97. The molecule has 20 heavy (non-hydrogen) atoms. The van der Waals surface area contributed by atoms with Gasteiger partial charge in [0, 0.05) is 27.7 Å². The SMILES string of the molecule is CC1SCCSC1c1nc(-c2ccc(C#N)cc2)cs1. The molecule has 3 rings (SSSR count). The van der Waals surface area contributed by atoms with Crippen LogP contribution in [0.2, 0.25) is 0 Å². The van der Waals surface area contributed by atoms with Crippen molar-refractivity contribution in [1.82, 2.24) is 4.98 Å². The van der Waals surface area contributed by atoms with Crippen LogP contribution >= 0.6 is 34.9 Å². The number of nitriles is 1. The van der Waals surface area contributed by atoms with Gasteiger partial charge in [-0.2, -0.15) is 17.0 Å². The molecule has 2 nitrogen and oxygen atoms in total. The zero-order valence-corrected chi connectivity index (χ0v) is 13.5. The molecular weight excluding hydrogens is 304 g/mol. The highest BCUT2D eigenvalue weighted by Crippen LogP contribution is 2.44. The predicted octanol–water partition coefficient (Wildman–Crippen LogP) is 4.59. The lowest BCUT2D eigenvalue weighted by molar-refractivity contribution is 0.896. The summed E-state index contributed by atoms with van der Waals surface area (Å²) in [4.78, 5) is 4.81. The molecule has 0 spiro atoms. The van der Waals surface area contributed by atoms with Crippen molar-refractivity contribution < 1.29 is 0 Å². The quantitative estimate of drug-likeness (QED) is 0.811. The molecule has 1 aliphatic rings.